The largest absolute Gasteiger partial charge is 0.493 e. The van der Waals surface area contributed by atoms with E-state index in [-0.39, 0.29) is 5.69 Å². The number of hydrogen-bond donors (Lipinski definition) is 1. The third-order valence-electron chi connectivity index (χ3n) is 3.49. The van der Waals surface area contributed by atoms with Crippen LogP contribution in [0.2, 0.25) is 0 Å². The molecule has 0 atom stereocenters. The second-order valence-electron chi connectivity index (χ2n) is 4.96. The molecule has 0 bridgehead atoms. The first-order chi connectivity index (χ1) is 10.1. The number of ether oxygens (including phenoxy) is 1. The van der Waals surface area contributed by atoms with Gasteiger partial charge in [-0.3, -0.25) is 0 Å². The second kappa shape index (κ2) is 5.68. The lowest BCUT2D eigenvalue weighted by molar-refractivity contribution is 0.357. The Hall–Kier alpha value is -2.17. The second-order valence-corrected chi connectivity index (χ2v) is 4.96. The van der Waals surface area contributed by atoms with E-state index in [4.69, 9.17) is 4.74 Å². The van der Waals surface area contributed by atoms with Crippen LogP contribution in [0.5, 0.6) is 5.75 Å². The molecule has 2 aromatic carbocycles. The van der Waals surface area contributed by atoms with E-state index in [0.29, 0.717) is 25.6 Å². The lowest BCUT2D eigenvalue weighted by Gasteiger charge is -2.09. The molecule has 5 heteroatoms. The highest BCUT2D eigenvalue weighted by molar-refractivity contribution is 5.46. The topological polar surface area (TPSA) is 21.3 Å². The molecule has 1 N–H and O–H groups in total. The molecular formula is C16H14F3NO. The van der Waals surface area contributed by atoms with Gasteiger partial charge in [-0.1, -0.05) is 12.1 Å². The highest BCUT2D eigenvalue weighted by Crippen LogP contribution is 2.26. The van der Waals surface area contributed by atoms with E-state index in [0.717, 1.165) is 23.8 Å². The van der Waals surface area contributed by atoms with Crippen molar-refractivity contribution in [3.63, 3.8) is 0 Å². The SMILES string of the molecule is Fc1cc(F)c(NCCc2ccc3c(c2)CCO3)cc1F. The maximum absolute atomic E-state index is 13.5. The number of benzene rings is 2. The molecule has 1 aliphatic heterocycles. The predicted molar refractivity (Wildman–Crippen MR) is 74.2 cm³/mol. The summed E-state index contributed by atoms with van der Waals surface area (Å²) in [5.41, 5.74) is 2.24. The molecule has 0 unspecified atom stereocenters. The smallest absolute Gasteiger partial charge is 0.161 e. The Bertz CT molecular complexity index is 673. The van der Waals surface area contributed by atoms with Gasteiger partial charge in [0.05, 0.1) is 12.3 Å². The quantitative estimate of drug-likeness (QED) is 0.868. The van der Waals surface area contributed by atoms with Gasteiger partial charge in [0.1, 0.15) is 11.6 Å². The number of halogens is 3. The molecule has 21 heavy (non-hydrogen) atoms. The lowest BCUT2D eigenvalue weighted by Crippen LogP contribution is -2.07. The molecule has 2 aromatic rings. The fourth-order valence-corrected chi connectivity index (χ4v) is 2.39. The highest BCUT2D eigenvalue weighted by Gasteiger charge is 2.12. The van der Waals surface area contributed by atoms with Crippen molar-refractivity contribution in [2.24, 2.45) is 0 Å². The third kappa shape index (κ3) is 2.96. The first-order valence-electron chi connectivity index (χ1n) is 6.76. The van der Waals surface area contributed by atoms with Crippen LogP contribution in [0.15, 0.2) is 30.3 Å². The third-order valence-corrected chi connectivity index (χ3v) is 3.49. The summed E-state index contributed by atoms with van der Waals surface area (Å²) in [5.74, 6) is -2.13. The summed E-state index contributed by atoms with van der Waals surface area (Å²) >= 11 is 0. The van der Waals surface area contributed by atoms with Crippen molar-refractivity contribution in [2.45, 2.75) is 12.8 Å². The molecule has 0 aliphatic carbocycles. The molecule has 0 radical (unpaired) electrons. The zero-order valence-electron chi connectivity index (χ0n) is 11.3. The number of hydrogen-bond acceptors (Lipinski definition) is 2. The van der Waals surface area contributed by atoms with E-state index in [1.54, 1.807) is 0 Å². The number of fused-ring (bicyclic) bond motifs is 1. The van der Waals surface area contributed by atoms with Crippen molar-refractivity contribution in [3.05, 3.63) is 58.9 Å². The Morgan fingerprint density at radius 1 is 1.00 bits per heavy atom. The maximum Gasteiger partial charge on any atom is 0.161 e. The normalized spacial score (nSPS) is 12.9. The van der Waals surface area contributed by atoms with E-state index >= 15 is 0 Å². The van der Waals surface area contributed by atoms with Crippen LogP contribution in [0.3, 0.4) is 0 Å². The van der Waals surface area contributed by atoms with Crippen LogP contribution >= 0.6 is 0 Å². The summed E-state index contributed by atoms with van der Waals surface area (Å²) in [7, 11) is 0. The van der Waals surface area contributed by atoms with Gasteiger partial charge in [-0.15, -0.1) is 0 Å². The van der Waals surface area contributed by atoms with Crippen LogP contribution in [-0.4, -0.2) is 13.2 Å². The average molecular weight is 293 g/mol. The van der Waals surface area contributed by atoms with Crippen LogP contribution in [0, 0.1) is 17.5 Å². The van der Waals surface area contributed by atoms with E-state index in [2.05, 4.69) is 11.4 Å². The molecule has 0 aromatic heterocycles. The van der Waals surface area contributed by atoms with Gasteiger partial charge in [-0.05, 0) is 23.6 Å². The molecule has 0 saturated carbocycles. The minimum absolute atomic E-state index is 0.0293. The number of rotatable bonds is 4. The van der Waals surface area contributed by atoms with Gasteiger partial charge in [0, 0.05) is 25.1 Å². The van der Waals surface area contributed by atoms with Crippen molar-refractivity contribution in [1.82, 2.24) is 0 Å². The van der Waals surface area contributed by atoms with Gasteiger partial charge >= 0.3 is 0 Å². The molecule has 1 heterocycles. The summed E-state index contributed by atoms with van der Waals surface area (Å²) in [4.78, 5) is 0. The van der Waals surface area contributed by atoms with Gasteiger partial charge in [-0.25, -0.2) is 13.2 Å². The highest BCUT2D eigenvalue weighted by atomic mass is 19.2. The van der Waals surface area contributed by atoms with Crippen LogP contribution in [-0.2, 0) is 12.8 Å². The van der Waals surface area contributed by atoms with Crippen LogP contribution < -0.4 is 10.1 Å². The van der Waals surface area contributed by atoms with E-state index in [1.807, 2.05) is 12.1 Å². The molecule has 0 amide bonds. The minimum atomic E-state index is -1.18. The molecule has 2 nitrogen and oxygen atoms in total. The average Bonchev–Trinajstić information content (AvgIpc) is 2.92. The van der Waals surface area contributed by atoms with Crippen LogP contribution in [0.25, 0.3) is 0 Å². The van der Waals surface area contributed by atoms with Crippen LogP contribution in [0.4, 0.5) is 18.9 Å². The van der Waals surface area contributed by atoms with Crippen LogP contribution in [0.1, 0.15) is 11.1 Å². The monoisotopic (exact) mass is 293 g/mol. The van der Waals surface area contributed by atoms with Crippen molar-refractivity contribution < 1.29 is 17.9 Å². The van der Waals surface area contributed by atoms with Crippen molar-refractivity contribution in [2.75, 3.05) is 18.5 Å². The first kappa shape index (κ1) is 13.8. The fourth-order valence-electron chi connectivity index (χ4n) is 2.39. The molecule has 3 rings (SSSR count). The van der Waals surface area contributed by atoms with Gasteiger partial charge in [-0.2, -0.15) is 0 Å². The first-order valence-corrected chi connectivity index (χ1v) is 6.76. The molecule has 0 saturated heterocycles. The van der Waals surface area contributed by atoms with E-state index < -0.39 is 17.5 Å². The number of nitrogens with one attached hydrogen (secondary N) is 1. The summed E-state index contributed by atoms with van der Waals surface area (Å²) in [6.07, 6.45) is 1.56. The van der Waals surface area contributed by atoms with Gasteiger partial charge in [0.2, 0.25) is 0 Å². The summed E-state index contributed by atoms with van der Waals surface area (Å²) in [6.45, 7) is 1.14. The fraction of sp³-hybridized carbons (Fsp3) is 0.250. The van der Waals surface area contributed by atoms with Crippen molar-refractivity contribution >= 4 is 5.69 Å². The summed E-state index contributed by atoms with van der Waals surface area (Å²) in [6, 6.07) is 7.32. The van der Waals surface area contributed by atoms with Crippen molar-refractivity contribution in [3.8, 4) is 5.75 Å². The zero-order chi connectivity index (χ0) is 14.8. The summed E-state index contributed by atoms with van der Waals surface area (Å²) in [5, 5.41) is 2.78. The lowest BCUT2D eigenvalue weighted by atomic mass is 10.1. The maximum atomic E-state index is 13.5. The predicted octanol–water partition coefficient (Wildman–Crippen LogP) is 3.69. The number of anilines is 1. The van der Waals surface area contributed by atoms with Gasteiger partial charge in [0.25, 0.3) is 0 Å². The standard InChI is InChI=1S/C16H14F3NO/c17-12-8-14(19)15(9-13(12)18)20-5-3-10-1-2-16-11(7-10)4-6-21-16/h1-2,7-9,20H,3-6H2. The molecule has 0 fully saturated rings. The minimum Gasteiger partial charge on any atom is -0.493 e. The molecule has 110 valence electrons. The zero-order valence-corrected chi connectivity index (χ0v) is 11.3. The Labute approximate surface area is 120 Å². The Morgan fingerprint density at radius 3 is 2.67 bits per heavy atom. The molecule has 1 aliphatic rings. The Balaban J connectivity index is 1.62. The summed E-state index contributed by atoms with van der Waals surface area (Å²) < 4.78 is 44.8. The molecular weight excluding hydrogens is 279 g/mol. The van der Waals surface area contributed by atoms with Gasteiger partial charge < -0.3 is 10.1 Å². The Morgan fingerprint density at radius 2 is 1.81 bits per heavy atom. The molecule has 0 spiro atoms. The van der Waals surface area contributed by atoms with E-state index in [9.17, 15) is 13.2 Å². The van der Waals surface area contributed by atoms with Crippen molar-refractivity contribution in [1.29, 1.82) is 0 Å². The van der Waals surface area contributed by atoms with Gasteiger partial charge in [0.15, 0.2) is 11.6 Å². The van der Waals surface area contributed by atoms with E-state index in [1.165, 1.54) is 5.56 Å². The Kier molecular flexibility index (Phi) is 3.73.